The lowest BCUT2D eigenvalue weighted by atomic mass is 9.79. The molecule has 0 amide bonds. The first-order valence-corrected chi connectivity index (χ1v) is 12.6. The van der Waals surface area contributed by atoms with Crippen LogP contribution >= 0.6 is 0 Å². The standard InChI is InChI=1S/C29H28N2O9/c1-5-37-28(33)25-17(4)30-21(15-39-18-11-12-19-16(3)13-24(32)40-23(19)14-18)27(29(34)38-6-2)26(25)20-9-7-8-10-22(20)31(35)36/h7-14,26,30H,5-6,15H2,1-4H3. The molecule has 1 aliphatic rings. The van der Waals surface area contributed by atoms with Gasteiger partial charge in [-0.25, -0.2) is 14.4 Å². The number of nitrogens with zero attached hydrogens (tertiary/aromatic N) is 1. The van der Waals surface area contributed by atoms with Crippen molar-refractivity contribution >= 4 is 28.6 Å². The van der Waals surface area contributed by atoms with Gasteiger partial charge in [-0.1, -0.05) is 18.2 Å². The van der Waals surface area contributed by atoms with Gasteiger partial charge in [0.2, 0.25) is 0 Å². The number of dihydropyridines is 1. The Labute approximate surface area is 229 Å². The highest BCUT2D eigenvalue weighted by Crippen LogP contribution is 2.42. The molecule has 0 spiro atoms. The molecular formula is C29H28N2O9. The number of benzene rings is 2. The SMILES string of the molecule is CCOC(=O)C1=C(C)NC(COc2ccc3c(C)cc(=O)oc3c2)=C(C(=O)OCC)C1c1ccccc1[N+](=O)[O-]. The van der Waals surface area contributed by atoms with Crippen molar-refractivity contribution in [2.75, 3.05) is 19.8 Å². The largest absolute Gasteiger partial charge is 0.487 e. The number of allylic oxidation sites excluding steroid dienone is 1. The van der Waals surface area contributed by atoms with E-state index in [0.717, 1.165) is 10.9 Å². The number of esters is 2. The van der Waals surface area contributed by atoms with Gasteiger partial charge in [-0.3, -0.25) is 10.1 Å². The van der Waals surface area contributed by atoms with Gasteiger partial charge in [0.05, 0.1) is 40.9 Å². The van der Waals surface area contributed by atoms with Crippen LogP contribution in [0, 0.1) is 17.0 Å². The first-order chi connectivity index (χ1) is 19.2. The number of aryl methyl sites for hydroxylation is 1. The Balaban J connectivity index is 1.85. The first-order valence-electron chi connectivity index (χ1n) is 12.6. The molecule has 0 aliphatic carbocycles. The predicted molar refractivity (Wildman–Crippen MR) is 145 cm³/mol. The molecule has 0 radical (unpaired) electrons. The number of nitrogens with one attached hydrogen (secondary N) is 1. The monoisotopic (exact) mass is 548 g/mol. The maximum Gasteiger partial charge on any atom is 0.336 e. The molecule has 208 valence electrons. The number of carbonyl (C=O) groups is 2. The van der Waals surface area contributed by atoms with Gasteiger partial charge in [0, 0.05) is 34.8 Å². The summed E-state index contributed by atoms with van der Waals surface area (Å²) in [6.45, 7) is 6.57. The van der Waals surface area contributed by atoms with Gasteiger partial charge in [-0.05, 0) is 45.4 Å². The third-order valence-electron chi connectivity index (χ3n) is 6.39. The summed E-state index contributed by atoms with van der Waals surface area (Å²) in [5.74, 6) is -2.32. The van der Waals surface area contributed by atoms with Crippen molar-refractivity contribution in [3.63, 3.8) is 0 Å². The molecule has 11 nitrogen and oxygen atoms in total. The van der Waals surface area contributed by atoms with Crippen molar-refractivity contribution < 1.29 is 33.1 Å². The van der Waals surface area contributed by atoms with E-state index in [1.165, 1.54) is 24.3 Å². The Hall–Kier alpha value is -4.93. The quantitative estimate of drug-likeness (QED) is 0.176. The maximum atomic E-state index is 13.4. The summed E-state index contributed by atoms with van der Waals surface area (Å²) in [7, 11) is 0. The molecule has 4 rings (SSSR count). The average Bonchev–Trinajstić information content (AvgIpc) is 2.91. The van der Waals surface area contributed by atoms with E-state index in [9.17, 15) is 24.5 Å². The van der Waals surface area contributed by atoms with Gasteiger partial charge in [-0.2, -0.15) is 0 Å². The van der Waals surface area contributed by atoms with E-state index < -0.39 is 28.4 Å². The van der Waals surface area contributed by atoms with Gasteiger partial charge in [-0.15, -0.1) is 0 Å². The lowest BCUT2D eigenvalue weighted by Gasteiger charge is -2.31. The summed E-state index contributed by atoms with van der Waals surface area (Å²) in [4.78, 5) is 49.8. The number of hydrogen-bond acceptors (Lipinski definition) is 10. The van der Waals surface area contributed by atoms with E-state index >= 15 is 0 Å². The number of hydrogen-bond donors (Lipinski definition) is 1. The van der Waals surface area contributed by atoms with Gasteiger partial charge in [0.25, 0.3) is 5.69 Å². The number of fused-ring (bicyclic) bond motifs is 1. The van der Waals surface area contributed by atoms with Crippen LogP contribution in [-0.4, -0.2) is 36.7 Å². The summed E-state index contributed by atoms with van der Waals surface area (Å²) in [5.41, 5.74) is 1.05. The van der Waals surface area contributed by atoms with Gasteiger partial charge < -0.3 is 23.9 Å². The Bertz CT molecular complexity index is 1620. The van der Waals surface area contributed by atoms with Crippen LogP contribution in [0.3, 0.4) is 0 Å². The van der Waals surface area contributed by atoms with E-state index in [1.54, 1.807) is 52.0 Å². The van der Waals surface area contributed by atoms with Gasteiger partial charge in [0.1, 0.15) is 17.9 Å². The van der Waals surface area contributed by atoms with E-state index in [0.29, 0.717) is 17.0 Å². The number of nitro groups is 1. The lowest BCUT2D eigenvalue weighted by molar-refractivity contribution is -0.385. The Morgan fingerprint density at radius 2 is 1.68 bits per heavy atom. The number of rotatable bonds is 9. The topological polar surface area (TPSA) is 147 Å². The Morgan fingerprint density at radius 3 is 2.35 bits per heavy atom. The fourth-order valence-electron chi connectivity index (χ4n) is 4.70. The van der Waals surface area contributed by atoms with Crippen molar-refractivity contribution in [3.8, 4) is 5.75 Å². The molecule has 11 heteroatoms. The predicted octanol–water partition coefficient (Wildman–Crippen LogP) is 4.43. The second-order valence-electron chi connectivity index (χ2n) is 8.94. The van der Waals surface area contributed by atoms with Crippen LogP contribution in [0.25, 0.3) is 11.0 Å². The van der Waals surface area contributed by atoms with Crippen LogP contribution in [0.1, 0.15) is 37.8 Å². The molecule has 0 saturated carbocycles. The van der Waals surface area contributed by atoms with Gasteiger partial charge >= 0.3 is 17.6 Å². The zero-order valence-electron chi connectivity index (χ0n) is 22.4. The van der Waals surface area contributed by atoms with Gasteiger partial charge in [0.15, 0.2) is 0 Å². The molecule has 1 N–H and O–H groups in total. The molecule has 40 heavy (non-hydrogen) atoms. The Morgan fingerprint density at radius 1 is 1.00 bits per heavy atom. The summed E-state index contributed by atoms with van der Waals surface area (Å²) in [6.07, 6.45) is 0. The van der Waals surface area contributed by atoms with Crippen molar-refractivity contribution in [3.05, 3.63) is 103 Å². The zero-order valence-corrected chi connectivity index (χ0v) is 22.4. The minimum atomic E-state index is -1.17. The smallest absolute Gasteiger partial charge is 0.336 e. The zero-order chi connectivity index (χ0) is 29.0. The van der Waals surface area contributed by atoms with Crippen molar-refractivity contribution in [1.82, 2.24) is 5.32 Å². The molecule has 3 aromatic rings. The lowest BCUT2D eigenvalue weighted by Crippen LogP contribution is -2.35. The second kappa shape index (κ2) is 11.9. The normalized spacial score (nSPS) is 15.1. The summed E-state index contributed by atoms with van der Waals surface area (Å²) in [6, 6.07) is 12.3. The summed E-state index contributed by atoms with van der Waals surface area (Å²) >= 11 is 0. The first kappa shape index (κ1) is 28.1. The number of ether oxygens (including phenoxy) is 3. The second-order valence-corrected chi connectivity index (χ2v) is 8.94. The number of para-hydroxylation sites is 1. The number of carbonyl (C=O) groups excluding carboxylic acids is 2. The van der Waals surface area contributed by atoms with Crippen LogP contribution in [0.4, 0.5) is 5.69 Å². The minimum absolute atomic E-state index is 0.0204. The minimum Gasteiger partial charge on any atom is -0.487 e. The third-order valence-corrected chi connectivity index (χ3v) is 6.39. The fourth-order valence-corrected chi connectivity index (χ4v) is 4.70. The van der Waals surface area contributed by atoms with E-state index in [4.69, 9.17) is 18.6 Å². The molecule has 1 aliphatic heterocycles. The van der Waals surface area contributed by atoms with Crippen LogP contribution < -0.4 is 15.7 Å². The summed E-state index contributed by atoms with van der Waals surface area (Å²) in [5, 5.41) is 15.8. The molecule has 1 aromatic heterocycles. The molecule has 0 saturated heterocycles. The van der Waals surface area contributed by atoms with Crippen molar-refractivity contribution in [1.29, 1.82) is 0 Å². The van der Waals surface area contributed by atoms with E-state index in [-0.39, 0.29) is 47.9 Å². The molecule has 0 fully saturated rings. The third kappa shape index (κ3) is 5.58. The highest BCUT2D eigenvalue weighted by atomic mass is 16.6. The summed E-state index contributed by atoms with van der Waals surface area (Å²) < 4.78 is 21.9. The van der Waals surface area contributed by atoms with E-state index in [1.807, 2.05) is 0 Å². The fraction of sp³-hybridized carbons (Fsp3) is 0.276. The highest BCUT2D eigenvalue weighted by molar-refractivity contribution is 6.00. The van der Waals surface area contributed by atoms with Crippen LogP contribution in [0.15, 0.2) is 80.3 Å². The molecule has 1 atom stereocenters. The number of nitro benzene ring substituents is 1. The van der Waals surface area contributed by atoms with Crippen molar-refractivity contribution in [2.24, 2.45) is 0 Å². The molecule has 2 aromatic carbocycles. The average molecular weight is 549 g/mol. The van der Waals surface area contributed by atoms with Crippen LogP contribution in [0.5, 0.6) is 5.75 Å². The molecule has 0 bridgehead atoms. The highest BCUT2D eigenvalue weighted by Gasteiger charge is 2.41. The van der Waals surface area contributed by atoms with Crippen molar-refractivity contribution in [2.45, 2.75) is 33.6 Å². The molecule has 2 heterocycles. The van der Waals surface area contributed by atoms with E-state index in [2.05, 4.69) is 5.32 Å². The van der Waals surface area contributed by atoms with Crippen LogP contribution in [-0.2, 0) is 19.1 Å². The maximum absolute atomic E-state index is 13.4. The molecule has 1 unspecified atom stereocenters. The van der Waals surface area contributed by atoms with Crippen LogP contribution in [0.2, 0.25) is 0 Å². The Kier molecular flexibility index (Phi) is 8.32. The molecular weight excluding hydrogens is 520 g/mol.